The summed E-state index contributed by atoms with van der Waals surface area (Å²) < 4.78 is 5.81. The lowest BCUT2D eigenvalue weighted by molar-refractivity contribution is -0.119. The molecule has 3 aromatic heterocycles. The number of hydrogen-bond acceptors (Lipinski definition) is 8. The van der Waals surface area contributed by atoms with Gasteiger partial charge in [0.2, 0.25) is 11.8 Å². The highest BCUT2D eigenvalue weighted by molar-refractivity contribution is 6.34. The number of hydrogen-bond donors (Lipinski definition) is 4. The first-order valence-corrected chi connectivity index (χ1v) is 16.1. The molecule has 1 aliphatic heterocycles. The Balaban J connectivity index is 1.39. The van der Waals surface area contributed by atoms with E-state index in [-0.39, 0.29) is 18.6 Å². The highest BCUT2D eigenvalue weighted by atomic mass is 35.5. The fourth-order valence-electron chi connectivity index (χ4n) is 6.13. The summed E-state index contributed by atoms with van der Waals surface area (Å²) in [5.74, 6) is 0.569. The van der Waals surface area contributed by atoms with Crippen LogP contribution in [0.2, 0.25) is 5.02 Å². The van der Waals surface area contributed by atoms with Crippen molar-refractivity contribution in [2.24, 2.45) is 0 Å². The Morgan fingerprint density at radius 3 is 2.74 bits per heavy atom. The van der Waals surface area contributed by atoms with E-state index in [0.29, 0.717) is 54.9 Å². The summed E-state index contributed by atoms with van der Waals surface area (Å²) in [5.41, 5.74) is 4.69. The highest BCUT2D eigenvalue weighted by Gasteiger charge is 2.46. The number of nitrogens with zero attached hydrogens (tertiary/aromatic N) is 3. The third kappa shape index (κ3) is 6.52. The lowest BCUT2D eigenvalue weighted by Gasteiger charge is -2.38. The van der Waals surface area contributed by atoms with Gasteiger partial charge in [0.15, 0.2) is 0 Å². The van der Waals surface area contributed by atoms with Crippen LogP contribution in [0.1, 0.15) is 40.9 Å². The van der Waals surface area contributed by atoms with Gasteiger partial charge in [0.05, 0.1) is 41.4 Å². The Morgan fingerprint density at radius 1 is 1.09 bits per heavy atom. The molecule has 11 heteroatoms. The van der Waals surface area contributed by atoms with Crippen molar-refractivity contribution >= 4 is 45.6 Å². The number of carbonyl (C=O) groups excluding carboxylic acids is 1. The number of benzene rings is 1. The van der Waals surface area contributed by atoms with Crippen LogP contribution in [0.5, 0.6) is 5.88 Å². The lowest BCUT2D eigenvalue weighted by Crippen LogP contribution is -2.40. The zero-order valence-corrected chi connectivity index (χ0v) is 27.0. The first-order valence-electron chi connectivity index (χ1n) is 15.3. The minimum absolute atomic E-state index is 0.0716. The van der Waals surface area contributed by atoms with E-state index in [1.807, 2.05) is 79.2 Å². The van der Waals surface area contributed by atoms with Crippen LogP contribution in [0.3, 0.4) is 0 Å². The maximum atomic E-state index is 11.6. The fourth-order valence-corrected chi connectivity index (χ4v) is 6.86. The van der Waals surface area contributed by atoms with Crippen LogP contribution in [0, 0.1) is 0 Å². The number of rotatable bonds is 12. The van der Waals surface area contributed by atoms with E-state index in [9.17, 15) is 4.79 Å². The normalized spacial score (nSPS) is 21.0. The minimum Gasteiger partial charge on any atom is -0.481 e. The number of pyridine rings is 3. The summed E-state index contributed by atoms with van der Waals surface area (Å²) in [6.07, 6.45) is 11.0. The second kappa shape index (κ2) is 14.3. The molecule has 2 unspecified atom stereocenters. The smallest absolute Gasteiger partial charge is 0.220 e. The van der Waals surface area contributed by atoms with Crippen LogP contribution in [0.15, 0.2) is 79.2 Å². The molecular weight excluding hydrogens is 623 g/mol. The van der Waals surface area contributed by atoms with Crippen LogP contribution in [0.4, 0.5) is 0 Å². The van der Waals surface area contributed by atoms with E-state index in [1.54, 1.807) is 7.11 Å². The first kappa shape index (κ1) is 32.1. The summed E-state index contributed by atoms with van der Waals surface area (Å²) in [5, 5.41) is 19.6. The van der Waals surface area contributed by atoms with Gasteiger partial charge in [-0.25, -0.2) is 4.98 Å². The van der Waals surface area contributed by atoms with E-state index in [1.165, 1.54) is 0 Å². The van der Waals surface area contributed by atoms with E-state index in [0.717, 1.165) is 39.6 Å². The molecule has 9 nitrogen and oxygen atoms in total. The number of alkyl halides is 1. The number of aromatic nitrogens is 3. The van der Waals surface area contributed by atoms with Crippen molar-refractivity contribution in [2.75, 3.05) is 26.8 Å². The number of fused-ring (bicyclic) bond motifs is 1. The standard InChI is InChI=1S/C35H36Cl2N6O3/c1-46-34-23(19-39-21-25-9-11-32(45)42-25)8-10-30(43-34)35(12-4-6-27(33(35)37)26-5-2-3-7-28(26)36)31-16-29-24(20-41-31)15-22(18-40-29)17-38-13-14-44/h2-8,10,12,15-16,18,20,25,33,38-39,44H,9,11,13-14,17,19,21H2,1H3,(H,42,45)/t25-,33?,35?/m1/s1. The molecule has 3 atom stereocenters. The van der Waals surface area contributed by atoms with Crippen LogP contribution < -0.4 is 20.7 Å². The number of nitrogens with one attached hydrogen (secondary N) is 3. The van der Waals surface area contributed by atoms with Gasteiger partial charge in [-0.05, 0) is 47.4 Å². The van der Waals surface area contributed by atoms with Gasteiger partial charge in [-0.2, -0.15) is 0 Å². The molecule has 1 fully saturated rings. The Bertz CT molecular complexity index is 1800. The van der Waals surface area contributed by atoms with Gasteiger partial charge in [-0.3, -0.25) is 14.8 Å². The molecule has 6 rings (SSSR count). The average molecular weight is 660 g/mol. The molecule has 46 heavy (non-hydrogen) atoms. The number of halogens is 2. The molecule has 1 saturated heterocycles. The highest BCUT2D eigenvalue weighted by Crippen LogP contribution is 2.48. The van der Waals surface area contributed by atoms with Crippen LogP contribution in [-0.2, 0) is 23.3 Å². The first-order chi connectivity index (χ1) is 22.4. The third-order valence-corrected chi connectivity index (χ3v) is 9.41. The molecule has 1 amide bonds. The average Bonchev–Trinajstić information content (AvgIpc) is 3.50. The van der Waals surface area contributed by atoms with Gasteiger partial charge in [-0.1, -0.05) is 54.1 Å². The molecule has 238 valence electrons. The number of amides is 1. The number of ether oxygens (including phenoxy) is 1. The van der Waals surface area contributed by atoms with Crippen molar-refractivity contribution in [1.82, 2.24) is 30.9 Å². The Labute approximate surface area is 278 Å². The Kier molecular flexibility index (Phi) is 9.96. The quantitative estimate of drug-likeness (QED) is 0.128. The van der Waals surface area contributed by atoms with Crippen LogP contribution in [0.25, 0.3) is 16.5 Å². The van der Waals surface area contributed by atoms with Gasteiger partial charge in [0.25, 0.3) is 0 Å². The molecule has 1 aliphatic carbocycles. The molecule has 4 N–H and O–H groups in total. The summed E-state index contributed by atoms with van der Waals surface area (Å²) in [6.45, 7) is 2.35. The molecule has 4 heterocycles. The molecule has 0 bridgehead atoms. The Hall–Kier alpha value is -3.86. The number of aliphatic hydroxyl groups is 1. The number of aliphatic hydroxyl groups excluding tert-OH is 1. The summed E-state index contributed by atoms with van der Waals surface area (Å²) in [6, 6.07) is 15.8. The topological polar surface area (TPSA) is 121 Å². The predicted octanol–water partition coefficient (Wildman–Crippen LogP) is 4.68. The summed E-state index contributed by atoms with van der Waals surface area (Å²) >= 11 is 14.2. The molecule has 4 aromatic rings. The molecular formula is C35H36Cl2N6O3. The van der Waals surface area contributed by atoms with E-state index in [4.69, 9.17) is 48.0 Å². The van der Waals surface area contributed by atoms with Gasteiger partial charge < -0.3 is 25.8 Å². The van der Waals surface area contributed by atoms with E-state index in [2.05, 4.69) is 16.0 Å². The monoisotopic (exact) mass is 658 g/mol. The Morgan fingerprint density at radius 2 is 1.96 bits per heavy atom. The van der Waals surface area contributed by atoms with Gasteiger partial charge in [0.1, 0.15) is 0 Å². The SMILES string of the molecule is COc1nc(C2(c3cc4ncc(CNCCO)cc4cn3)C=CC=C(c3ccccc3Cl)C2Cl)ccc1CNC[C@H]1CCC(=O)N1. The van der Waals surface area contributed by atoms with Crippen molar-refractivity contribution in [3.63, 3.8) is 0 Å². The zero-order chi connectivity index (χ0) is 32.1. The third-order valence-electron chi connectivity index (χ3n) is 8.50. The lowest BCUT2D eigenvalue weighted by atomic mass is 9.70. The van der Waals surface area contributed by atoms with Gasteiger partial charge >= 0.3 is 0 Å². The zero-order valence-electron chi connectivity index (χ0n) is 25.5. The molecule has 0 saturated carbocycles. The fraction of sp³-hybridized carbons (Fsp3) is 0.314. The predicted molar refractivity (Wildman–Crippen MR) is 181 cm³/mol. The molecule has 0 spiro atoms. The van der Waals surface area contributed by atoms with Crippen molar-refractivity contribution in [3.8, 4) is 5.88 Å². The van der Waals surface area contributed by atoms with E-state index >= 15 is 0 Å². The largest absolute Gasteiger partial charge is 0.481 e. The van der Waals surface area contributed by atoms with Crippen molar-refractivity contribution < 1.29 is 14.6 Å². The summed E-state index contributed by atoms with van der Waals surface area (Å²) in [7, 11) is 1.61. The van der Waals surface area contributed by atoms with Crippen LogP contribution in [-0.4, -0.2) is 64.2 Å². The molecule has 1 aromatic carbocycles. The maximum absolute atomic E-state index is 11.6. The van der Waals surface area contributed by atoms with Gasteiger partial charge in [0, 0.05) is 67.0 Å². The molecule has 2 aliphatic rings. The number of carbonyl (C=O) groups is 1. The second-order valence-electron chi connectivity index (χ2n) is 11.5. The molecule has 0 radical (unpaired) electrons. The number of methoxy groups -OCH3 is 1. The van der Waals surface area contributed by atoms with Crippen LogP contribution >= 0.6 is 23.2 Å². The second-order valence-corrected chi connectivity index (χ2v) is 12.3. The van der Waals surface area contributed by atoms with E-state index < -0.39 is 10.8 Å². The summed E-state index contributed by atoms with van der Waals surface area (Å²) in [4.78, 5) is 26.4. The van der Waals surface area contributed by atoms with Crippen molar-refractivity contribution in [1.29, 1.82) is 0 Å². The number of allylic oxidation sites excluding steroid dienone is 4. The van der Waals surface area contributed by atoms with Crippen molar-refractivity contribution in [2.45, 2.75) is 42.8 Å². The van der Waals surface area contributed by atoms with Gasteiger partial charge in [-0.15, -0.1) is 11.6 Å². The van der Waals surface area contributed by atoms with Crippen molar-refractivity contribution in [3.05, 3.63) is 112 Å². The minimum atomic E-state index is -0.991. The maximum Gasteiger partial charge on any atom is 0.220 e.